The molecule has 0 spiro atoms. The van der Waals surface area contributed by atoms with Crippen LogP contribution in [0.3, 0.4) is 0 Å². The molecule has 6 nitrogen and oxygen atoms in total. The summed E-state index contributed by atoms with van der Waals surface area (Å²) >= 11 is 0. The number of aliphatic imine (C=N–C) groups is 2. The van der Waals surface area contributed by atoms with Gasteiger partial charge in [-0.15, -0.1) is 0 Å². The molecule has 216 valence electrons. The van der Waals surface area contributed by atoms with E-state index in [1.807, 2.05) is 54.6 Å². The van der Waals surface area contributed by atoms with Crippen LogP contribution in [0.1, 0.15) is 22.5 Å². The lowest BCUT2D eigenvalue weighted by atomic mass is 9.94. The Labute approximate surface area is 259 Å². The van der Waals surface area contributed by atoms with Crippen LogP contribution >= 0.6 is 0 Å². The van der Waals surface area contributed by atoms with Crippen molar-refractivity contribution in [2.75, 3.05) is 7.05 Å². The SMILES string of the molecule is CN1C(c2ccccc2)=NC(c2ccccc2)=NC1C1=CNCc2oc3c(-c4cccc5c4oc4ccccc45)cccc3c21. The topological polar surface area (TPSA) is 66.3 Å². The van der Waals surface area contributed by atoms with Crippen molar-refractivity contribution >= 4 is 50.2 Å². The molecular weight excluding hydrogens is 556 g/mol. The van der Waals surface area contributed by atoms with Crippen LogP contribution < -0.4 is 5.32 Å². The number of likely N-dealkylation sites (N-methyl/N-ethyl adjacent to an activating group) is 1. The van der Waals surface area contributed by atoms with Gasteiger partial charge in [-0.3, -0.25) is 0 Å². The normalized spacial score (nSPS) is 16.3. The second kappa shape index (κ2) is 10.1. The second-order valence-corrected chi connectivity index (χ2v) is 11.4. The first-order valence-electron chi connectivity index (χ1n) is 15.1. The number of para-hydroxylation sites is 3. The summed E-state index contributed by atoms with van der Waals surface area (Å²) in [7, 11) is 2.06. The van der Waals surface area contributed by atoms with Crippen LogP contribution in [-0.2, 0) is 6.54 Å². The molecule has 0 bridgehead atoms. The molecule has 0 aliphatic carbocycles. The minimum absolute atomic E-state index is 0.331. The number of amidine groups is 2. The molecular formula is C39H28N4O2. The van der Waals surface area contributed by atoms with Gasteiger partial charge in [-0.25, -0.2) is 9.98 Å². The Kier molecular flexibility index (Phi) is 5.75. The molecule has 4 heterocycles. The summed E-state index contributed by atoms with van der Waals surface area (Å²) in [6.45, 7) is 0.590. The number of fused-ring (bicyclic) bond motifs is 6. The second-order valence-electron chi connectivity index (χ2n) is 11.4. The van der Waals surface area contributed by atoms with Crippen LogP contribution in [0.25, 0.3) is 49.6 Å². The average Bonchev–Trinajstić information content (AvgIpc) is 3.68. The fourth-order valence-corrected chi connectivity index (χ4v) is 6.70. The van der Waals surface area contributed by atoms with Crippen molar-refractivity contribution in [3.8, 4) is 11.1 Å². The molecule has 0 saturated carbocycles. The monoisotopic (exact) mass is 584 g/mol. The Morgan fingerprint density at radius 2 is 1.31 bits per heavy atom. The van der Waals surface area contributed by atoms with Crippen LogP contribution in [0.2, 0.25) is 0 Å². The molecule has 0 radical (unpaired) electrons. The predicted molar refractivity (Wildman–Crippen MR) is 181 cm³/mol. The molecule has 7 aromatic rings. The van der Waals surface area contributed by atoms with Gasteiger partial charge in [-0.05, 0) is 6.07 Å². The number of furan rings is 2. The molecule has 1 unspecified atom stereocenters. The molecule has 2 aromatic heterocycles. The molecule has 2 aliphatic rings. The van der Waals surface area contributed by atoms with Crippen molar-refractivity contribution in [1.82, 2.24) is 10.2 Å². The van der Waals surface area contributed by atoms with Gasteiger partial charge in [0.2, 0.25) is 0 Å². The van der Waals surface area contributed by atoms with E-state index < -0.39 is 0 Å². The predicted octanol–water partition coefficient (Wildman–Crippen LogP) is 8.61. The van der Waals surface area contributed by atoms with E-state index in [4.69, 9.17) is 18.8 Å². The Morgan fingerprint density at radius 3 is 2.09 bits per heavy atom. The Balaban J connectivity index is 1.21. The van der Waals surface area contributed by atoms with E-state index in [1.54, 1.807) is 0 Å². The van der Waals surface area contributed by atoms with Crippen molar-refractivity contribution in [3.05, 3.63) is 150 Å². The summed E-state index contributed by atoms with van der Waals surface area (Å²) in [5.41, 5.74) is 8.72. The van der Waals surface area contributed by atoms with Crippen molar-refractivity contribution in [3.63, 3.8) is 0 Å². The highest BCUT2D eigenvalue weighted by Crippen LogP contribution is 2.43. The van der Waals surface area contributed by atoms with E-state index >= 15 is 0 Å². The minimum Gasteiger partial charge on any atom is -0.458 e. The molecule has 9 rings (SSSR count). The van der Waals surface area contributed by atoms with Crippen LogP contribution in [0.4, 0.5) is 0 Å². The Hall–Kier alpha value is -5.88. The van der Waals surface area contributed by atoms with E-state index in [9.17, 15) is 0 Å². The maximum Gasteiger partial charge on any atom is 0.159 e. The standard InChI is InChI=1S/C39H28N4O2/c1-43-38(25-14-6-3-7-15-25)41-37(24-12-4-2-5-13-24)42-39(43)31-22-40-23-33-34(31)30-20-11-19-29(36(30)45-33)28-18-10-17-27-26-16-8-9-21-32(26)44-35(27)28/h2-22,39-40H,23H2,1H3. The van der Waals surface area contributed by atoms with Gasteiger partial charge in [0.15, 0.2) is 12.0 Å². The molecule has 0 saturated heterocycles. The van der Waals surface area contributed by atoms with Gasteiger partial charge < -0.3 is 19.1 Å². The molecule has 1 N–H and O–H groups in total. The van der Waals surface area contributed by atoms with E-state index in [1.165, 1.54) is 0 Å². The first kappa shape index (κ1) is 25.6. The van der Waals surface area contributed by atoms with Crippen LogP contribution in [0.15, 0.2) is 146 Å². The molecule has 0 fully saturated rings. The van der Waals surface area contributed by atoms with Gasteiger partial charge in [-0.1, -0.05) is 115 Å². The number of benzene rings is 5. The fourth-order valence-electron chi connectivity index (χ4n) is 6.70. The summed E-state index contributed by atoms with van der Waals surface area (Å²) < 4.78 is 13.2. The first-order chi connectivity index (χ1) is 22.2. The van der Waals surface area contributed by atoms with Crippen molar-refractivity contribution in [2.24, 2.45) is 9.98 Å². The van der Waals surface area contributed by atoms with Gasteiger partial charge in [0, 0.05) is 62.8 Å². The fraction of sp³-hybridized carbons (Fsp3) is 0.0769. The minimum atomic E-state index is -0.331. The third kappa shape index (κ3) is 4.03. The zero-order valence-electron chi connectivity index (χ0n) is 24.6. The van der Waals surface area contributed by atoms with Gasteiger partial charge in [0.25, 0.3) is 0 Å². The maximum absolute atomic E-state index is 6.74. The molecule has 5 aromatic carbocycles. The molecule has 0 amide bonds. The lowest BCUT2D eigenvalue weighted by Gasteiger charge is -2.34. The van der Waals surface area contributed by atoms with Crippen LogP contribution in [0, 0.1) is 0 Å². The number of nitrogens with one attached hydrogen (secondary N) is 1. The van der Waals surface area contributed by atoms with Crippen LogP contribution in [0.5, 0.6) is 0 Å². The molecule has 45 heavy (non-hydrogen) atoms. The van der Waals surface area contributed by atoms with Crippen molar-refractivity contribution in [2.45, 2.75) is 12.7 Å². The van der Waals surface area contributed by atoms with E-state index in [0.717, 1.165) is 77.9 Å². The summed E-state index contributed by atoms with van der Waals surface area (Å²) in [4.78, 5) is 12.5. The van der Waals surface area contributed by atoms with E-state index in [2.05, 4.69) is 90.2 Å². The highest BCUT2D eigenvalue weighted by Gasteiger charge is 2.34. The quantitative estimate of drug-likeness (QED) is 0.225. The van der Waals surface area contributed by atoms with E-state index in [0.29, 0.717) is 12.4 Å². The smallest absolute Gasteiger partial charge is 0.159 e. The zero-order valence-corrected chi connectivity index (χ0v) is 24.6. The number of hydrogen-bond acceptors (Lipinski definition) is 6. The highest BCUT2D eigenvalue weighted by atomic mass is 16.3. The Morgan fingerprint density at radius 1 is 0.667 bits per heavy atom. The number of nitrogens with zero attached hydrogens (tertiary/aromatic N) is 3. The summed E-state index contributed by atoms with van der Waals surface area (Å²) in [5.74, 6) is 2.46. The van der Waals surface area contributed by atoms with Crippen LogP contribution in [-0.4, -0.2) is 29.8 Å². The zero-order chi connectivity index (χ0) is 29.9. The number of hydrogen-bond donors (Lipinski definition) is 1. The van der Waals surface area contributed by atoms with Crippen molar-refractivity contribution in [1.29, 1.82) is 0 Å². The molecule has 6 heteroatoms. The van der Waals surface area contributed by atoms with E-state index in [-0.39, 0.29) is 6.17 Å². The van der Waals surface area contributed by atoms with Gasteiger partial charge >= 0.3 is 0 Å². The summed E-state index contributed by atoms with van der Waals surface area (Å²) in [6, 6.07) is 41.4. The lowest BCUT2D eigenvalue weighted by Crippen LogP contribution is -2.42. The van der Waals surface area contributed by atoms with Gasteiger partial charge in [0.05, 0.1) is 6.54 Å². The Bertz CT molecular complexity index is 2350. The van der Waals surface area contributed by atoms with Crippen molar-refractivity contribution < 1.29 is 8.83 Å². The highest BCUT2D eigenvalue weighted by molar-refractivity contribution is 6.15. The van der Waals surface area contributed by atoms with Gasteiger partial charge in [-0.2, -0.15) is 0 Å². The lowest BCUT2D eigenvalue weighted by molar-refractivity contribution is 0.438. The summed E-state index contributed by atoms with van der Waals surface area (Å²) in [5, 5.41) is 6.73. The third-order valence-corrected chi connectivity index (χ3v) is 8.79. The largest absolute Gasteiger partial charge is 0.458 e. The molecule has 2 aliphatic heterocycles. The van der Waals surface area contributed by atoms with Gasteiger partial charge in [0.1, 0.15) is 28.3 Å². The number of rotatable bonds is 4. The maximum atomic E-state index is 6.74. The molecule has 1 atom stereocenters. The third-order valence-electron chi connectivity index (χ3n) is 8.79. The summed E-state index contributed by atoms with van der Waals surface area (Å²) in [6.07, 6.45) is 1.76. The first-order valence-corrected chi connectivity index (χ1v) is 15.1. The average molecular weight is 585 g/mol.